The van der Waals surface area contributed by atoms with Gasteiger partial charge in [-0.05, 0) is 73.9 Å². The van der Waals surface area contributed by atoms with Gasteiger partial charge in [0, 0.05) is 18.6 Å². The van der Waals surface area contributed by atoms with Crippen molar-refractivity contribution in [1.82, 2.24) is 4.90 Å². The molecule has 0 spiro atoms. The van der Waals surface area contributed by atoms with Crippen LogP contribution in [0.5, 0.6) is 11.5 Å². The smallest absolute Gasteiger partial charge is 0.118 e. The number of β-amino-alcohol motifs (C(OH)–C–C–N with tert-alkyl or cyclic N) is 1. The zero-order chi connectivity index (χ0) is 21.3. The fraction of sp³-hybridized carbons (Fsp3) is 0.520. The molecule has 0 saturated carbocycles. The molecule has 3 rings (SSSR count). The molecular formula is C25H35NO4. The molecule has 30 heavy (non-hydrogen) atoms. The Hall–Kier alpha value is -2.08. The van der Waals surface area contributed by atoms with E-state index in [1.54, 1.807) is 14.2 Å². The molecule has 2 aromatic carbocycles. The Bertz CT molecular complexity index is 687. The maximum Gasteiger partial charge on any atom is 0.118 e. The monoisotopic (exact) mass is 413 g/mol. The zero-order valence-corrected chi connectivity index (χ0v) is 18.2. The molecule has 2 N–H and O–H groups in total. The second-order valence-corrected chi connectivity index (χ2v) is 8.19. The number of nitrogens with zero attached hydrogens (tertiary/aromatic N) is 1. The van der Waals surface area contributed by atoms with Crippen LogP contribution < -0.4 is 9.47 Å². The number of likely N-dealkylation sites (tertiary alicyclic amines) is 1. The molecular weight excluding hydrogens is 378 g/mol. The summed E-state index contributed by atoms with van der Waals surface area (Å²) in [4.78, 5) is 2.44. The number of hydrogen-bond donors (Lipinski definition) is 2. The summed E-state index contributed by atoms with van der Waals surface area (Å²) in [7, 11) is 3.37. The second-order valence-electron chi connectivity index (χ2n) is 8.19. The SMILES string of the molecule is COc1ccc(CCC2CCC(CCc3ccc(OC)cc3)N2C[C@@H](O)CO)cc1. The van der Waals surface area contributed by atoms with E-state index in [2.05, 4.69) is 29.2 Å². The first kappa shape index (κ1) is 22.6. The van der Waals surface area contributed by atoms with Gasteiger partial charge < -0.3 is 19.7 Å². The topological polar surface area (TPSA) is 62.2 Å². The molecule has 3 atom stereocenters. The van der Waals surface area contributed by atoms with Gasteiger partial charge in [0.15, 0.2) is 0 Å². The molecule has 5 heteroatoms. The van der Waals surface area contributed by atoms with Crippen LogP contribution in [0.15, 0.2) is 48.5 Å². The van der Waals surface area contributed by atoms with Crippen LogP contribution in [-0.2, 0) is 12.8 Å². The molecule has 5 nitrogen and oxygen atoms in total. The summed E-state index contributed by atoms with van der Waals surface area (Å²) >= 11 is 0. The van der Waals surface area contributed by atoms with Gasteiger partial charge in [0.1, 0.15) is 11.5 Å². The van der Waals surface area contributed by atoms with Crippen molar-refractivity contribution >= 4 is 0 Å². The summed E-state index contributed by atoms with van der Waals surface area (Å²) in [5, 5.41) is 19.5. The molecule has 2 aromatic rings. The van der Waals surface area contributed by atoms with E-state index in [0.29, 0.717) is 18.6 Å². The first-order valence-electron chi connectivity index (χ1n) is 10.9. The van der Waals surface area contributed by atoms with Gasteiger partial charge in [0.2, 0.25) is 0 Å². The number of aryl methyl sites for hydroxylation is 2. The maximum absolute atomic E-state index is 10.1. The average molecular weight is 414 g/mol. The summed E-state index contributed by atoms with van der Waals surface area (Å²) in [5.41, 5.74) is 2.61. The average Bonchev–Trinajstić information content (AvgIpc) is 3.18. The van der Waals surface area contributed by atoms with E-state index >= 15 is 0 Å². The molecule has 0 radical (unpaired) electrons. The van der Waals surface area contributed by atoms with E-state index in [1.165, 1.54) is 11.1 Å². The lowest BCUT2D eigenvalue weighted by Gasteiger charge is -2.32. The summed E-state index contributed by atoms with van der Waals surface area (Å²) < 4.78 is 10.5. The summed E-state index contributed by atoms with van der Waals surface area (Å²) in [5.74, 6) is 1.76. The van der Waals surface area contributed by atoms with Crippen molar-refractivity contribution in [3.63, 3.8) is 0 Å². The highest BCUT2D eigenvalue weighted by atomic mass is 16.5. The Morgan fingerprint density at radius 3 is 1.63 bits per heavy atom. The minimum atomic E-state index is -0.685. The van der Waals surface area contributed by atoms with E-state index < -0.39 is 6.10 Å². The van der Waals surface area contributed by atoms with Crippen LogP contribution in [0.2, 0.25) is 0 Å². The van der Waals surface area contributed by atoms with Gasteiger partial charge in [-0.2, -0.15) is 0 Å². The largest absolute Gasteiger partial charge is 0.497 e. The maximum atomic E-state index is 10.1. The molecule has 1 aliphatic rings. The third-order valence-corrected chi connectivity index (χ3v) is 6.25. The Balaban J connectivity index is 1.58. The molecule has 164 valence electrons. The van der Waals surface area contributed by atoms with Crippen LogP contribution in [0, 0.1) is 0 Å². The molecule has 1 fully saturated rings. The van der Waals surface area contributed by atoms with Crippen LogP contribution in [0.1, 0.15) is 36.8 Å². The third kappa shape index (κ3) is 6.21. The summed E-state index contributed by atoms with van der Waals surface area (Å²) in [6.07, 6.45) is 5.72. The van der Waals surface area contributed by atoms with Crippen LogP contribution in [0.4, 0.5) is 0 Å². The number of aliphatic hydroxyl groups is 2. The second kappa shape index (κ2) is 11.3. The molecule has 0 amide bonds. The normalized spacial score (nSPS) is 20.3. The van der Waals surface area contributed by atoms with Gasteiger partial charge in [-0.15, -0.1) is 0 Å². The molecule has 1 aliphatic heterocycles. The third-order valence-electron chi connectivity index (χ3n) is 6.25. The van der Waals surface area contributed by atoms with E-state index in [9.17, 15) is 10.2 Å². The van der Waals surface area contributed by atoms with Gasteiger partial charge in [0.05, 0.1) is 26.9 Å². The molecule has 0 aliphatic carbocycles. The lowest BCUT2D eigenvalue weighted by atomic mass is 10.0. The minimum Gasteiger partial charge on any atom is -0.497 e. The Morgan fingerprint density at radius 1 is 0.833 bits per heavy atom. The number of aliphatic hydroxyl groups excluding tert-OH is 2. The fourth-order valence-corrected chi connectivity index (χ4v) is 4.49. The van der Waals surface area contributed by atoms with Crippen molar-refractivity contribution < 1.29 is 19.7 Å². The first-order chi connectivity index (χ1) is 14.6. The standard InChI is InChI=1S/C25H35NO4/c1-29-24-13-5-19(6-14-24)3-9-21-11-12-22(26(21)17-23(28)18-27)10-4-20-7-15-25(30-2)16-8-20/h5-8,13-16,21-23,27-28H,3-4,9-12,17-18H2,1-2H3/t21?,22?,23-/m1/s1. The van der Waals surface area contributed by atoms with Gasteiger partial charge in [-0.3, -0.25) is 4.90 Å². The number of benzene rings is 2. The van der Waals surface area contributed by atoms with Crippen LogP contribution in [-0.4, -0.2) is 60.7 Å². The molecule has 0 aromatic heterocycles. The number of hydrogen-bond acceptors (Lipinski definition) is 5. The van der Waals surface area contributed by atoms with Gasteiger partial charge >= 0.3 is 0 Å². The summed E-state index contributed by atoms with van der Waals surface area (Å²) in [6.45, 7) is 0.351. The van der Waals surface area contributed by atoms with Crippen molar-refractivity contribution in [2.24, 2.45) is 0 Å². The number of ether oxygens (including phenoxy) is 2. The van der Waals surface area contributed by atoms with E-state index in [-0.39, 0.29) is 6.61 Å². The Morgan fingerprint density at radius 2 is 1.27 bits per heavy atom. The minimum absolute atomic E-state index is 0.188. The highest BCUT2D eigenvalue weighted by molar-refractivity contribution is 5.28. The van der Waals surface area contributed by atoms with Gasteiger partial charge in [0.25, 0.3) is 0 Å². The number of rotatable bonds is 11. The van der Waals surface area contributed by atoms with Crippen molar-refractivity contribution in [3.05, 3.63) is 59.7 Å². The van der Waals surface area contributed by atoms with Crippen LogP contribution in [0.3, 0.4) is 0 Å². The van der Waals surface area contributed by atoms with E-state index in [4.69, 9.17) is 9.47 Å². The van der Waals surface area contributed by atoms with Gasteiger partial charge in [-0.1, -0.05) is 24.3 Å². The zero-order valence-electron chi connectivity index (χ0n) is 18.2. The van der Waals surface area contributed by atoms with Crippen LogP contribution >= 0.6 is 0 Å². The van der Waals surface area contributed by atoms with E-state index in [0.717, 1.165) is 50.0 Å². The van der Waals surface area contributed by atoms with Crippen molar-refractivity contribution in [2.75, 3.05) is 27.4 Å². The van der Waals surface area contributed by atoms with Crippen molar-refractivity contribution in [3.8, 4) is 11.5 Å². The quantitative estimate of drug-likeness (QED) is 0.591. The highest BCUT2D eigenvalue weighted by Gasteiger charge is 2.33. The predicted molar refractivity (Wildman–Crippen MR) is 119 cm³/mol. The fourth-order valence-electron chi connectivity index (χ4n) is 4.49. The lowest BCUT2D eigenvalue weighted by Crippen LogP contribution is -2.42. The Labute approximate surface area is 180 Å². The van der Waals surface area contributed by atoms with Crippen molar-refractivity contribution in [1.29, 1.82) is 0 Å². The molecule has 1 saturated heterocycles. The molecule has 1 heterocycles. The Kier molecular flexibility index (Phi) is 8.55. The molecule has 2 unspecified atom stereocenters. The van der Waals surface area contributed by atoms with E-state index in [1.807, 2.05) is 24.3 Å². The first-order valence-corrected chi connectivity index (χ1v) is 10.9. The van der Waals surface area contributed by atoms with Crippen molar-refractivity contribution in [2.45, 2.75) is 56.7 Å². The number of methoxy groups -OCH3 is 2. The van der Waals surface area contributed by atoms with Gasteiger partial charge in [-0.25, -0.2) is 0 Å². The predicted octanol–water partition coefficient (Wildman–Crippen LogP) is 3.46. The summed E-state index contributed by atoms with van der Waals surface area (Å²) in [6, 6.07) is 17.4. The highest BCUT2D eigenvalue weighted by Crippen LogP contribution is 2.31. The molecule has 0 bridgehead atoms. The van der Waals surface area contributed by atoms with Crippen LogP contribution in [0.25, 0.3) is 0 Å². The lowest BCUT2D eigenvalue weighted by molar-refractivity contribution is 0.0393.